The van der Waals surface area contributed by atoms with Gasteiger partial charge in [0, 0.05) is 16.7 Å². The number of nitrogens with one attached hydrogen (secondary N) is 2. The van der Waals surface area contributed by atoms with Crippen LogP contribution in [0.15, 0.2) is 48.5 Å². The quantitative estimate of drug-likeness (QED) is 0.237. The minimum absolute atomic E-state index is 0.133. The molecule has 28 heavy (non-hydrogen) atoms. The zero-order chi connectivity index (χ0) is 20.7. The number of aliphatic hydroxyl groups excluding tert-OH is 1. The molecule has 1 amide bonds. The van der Waals surface area contributed by atoms with Crippen LogP contribution in [-0.2, 0) is 4.79 Å². The fraction of sp³-hybridized carbons (Fsp3) is 0.158. The number of benzene rings is 2. The van der Waals surface area contributed by atoms with Crippen LogP contribution >= 0.6 is 0 Å². The number of carboxylic acids is 1. The van der Waals surface area contributed by atoms with Crippen molar-refractivity contribution in [2.45, 2.75) is 6.04 Å². The standard InChI is InChI=1S/C19H19N3O6/c20-18(21)12-1-3-13(4-2-12)19(27)22-15(9-23)17(26)11-5-7-14(8-6-11)28-10-16(24)25/h1-8,15,23H,9-10H2,(H3,20,21)(H,22,27)(H,24,25)/t15-/m0/s1. The summed E-state index contributed by atoms with van der Waals surface area (Å²) in [5.41, 5.74) is 6.27. The Kier molecular flexibility index (Phi) is 6.83. The highest BCUT2D eigenvalue weighted by molar-refractivity contribution is 6.04. The molecule has 9 nitrogen and oxygen atoms in total. The van der Waals surface area contributed by atoms with Crippen LogP contribution < -0.4 is 15.8 Å². The van der Waals surface area contributed by atoms with E-state index in [1.807, 2.05) is 0 Å². The topological polar surface area (TPSA) is 163 Å². The zero-order valence-corrected chi connectivity index (χ0v) is 14.7. The average Bonchev–Trinajstić information content (AvgIpc) is 2.70. The van der Waals surface area contributed by atoms with E-state index in [1.54, 1.807) is 0 Å². The summed E-state index contributed by atoms with van der Waals surface area (Å²) in [4.78, 5) is 35.3. The highest BCUT2D eigenvalue weighted by Gasteiger charge is 2.22. The average molecular weight is 385 g/mol. The van der Waals surface area contributed by atoms with Crippen molar-refractivity contribution >= 4 is 23.5 Å². The number of nitrogen functional groups attached to an aromatic ring is 1. The number of carboxylic acid groups (broad SMARTS) is 1. The van der Waals surface area contributed by atoms with E-state index < -0.39 is 36.9 Å². The number of carbonyl (C=O) groups excluding carboxylic acids is 2. The molecule has 0 aromatic heterocycles. The van der Waals surface area contributed by atoms with Crippen molar-refractivity contribution in [2.24, 2.45) is 5.73 Å². The Labute approximate surface area is 160 Å². The van der Waals surface area contributed by atoms with E-state index in [2.05, 4.69) is 5.32 Å². The lowest BCUT2D eigenvalue weighted by atomic mass is 10.0. The fourth-order valence-corrected chi connectivity index (χ4v) is 2.30. The summed E-state index contributed by atoms with van der Waals surface area (Å²) < 4.78 is 4.98. The van der Waals surface area contributed by atoms with Gasteiger partial charge >= 0.3 is 5.97 Å². The second-order valence-corrected chi connectivity index (χ2v) is 5.77. The van der Waals surface area contributed by atoms with E-state index in [1.165, 1.54) is 48.5 Å². The number of nitrogens with two attached hydrogens (primary N) is 1. The summed E-state index contributed by atoms with van der Waals surface area (Å²) in [7, 11) is 0. The normalized spacial score (nSPS) is 11.3. The van der Waals surface area contributed by atoms with Crippen LogP contribution in [0.5, 0.6) is 5.75 Å². The Morgan fingerprint density at radius 3 is 2.04 bits per heavy atom. The first-order valence-corrected chi connectivity index (χ1v) is 8.17. The van der Waals surface area contributed by atoms with Gasteiger partial charge in [-0.3, -0.25) is 15.0 Å². The predicted octanol–water partition coefficient (Wildman–Crippen LogP) is 0.408. The minimum atomic E-state index is -1.16. The number of amidine groups is 1. The molecule has 0 spiro atoms. The summed E-state index contributed by atoms with van der Waals surface area (Å²) in [5, 5.41) is 27.9. The maximum absolute atomic E-state index is 12.5. The highest BCUT2D eigenvalue weighted by Crippen LogP contribution is 2.14. The Hall–Kier alpha value is -3.72. The summed E-state index contributed by atoms with van der Waals surface area (Å²) >= 11 is 0. The van der Waals surface area contributed by atoms with Gasteiger partial charge < -0.3 is 26.0 Å². The molecule has 0 bridgehead atoms. The van der Waals surface area contributed by atoms with Gasteiger partial charge in [0.15, 0.2) is 12.4 Å². The predicted molar refractivity (Wildman–Crippen MR) is 99.7 cm³/mol. The molecule has 146 valence electrons. The molecule has 0 saturated heterocycles. The van der Waals surface area contributed by atoms with Crippen molar-refractivity contribution in [2.75, 3.05) is 13.2 Å². The molecular weight excluding hydrogens is 366 g/mol. The van der Waals surface area contributed by atoms with Crippen LogP contribution in [0.4, 0.5) is 0 Å². The second-order valence-electron chi connectivity index (χ2n) is 5.77. The van der Waals surface area contributed by atoms with Crippen molar-refractivity contribution in [3.8, 4) is 5.75 Å². The third kappa shape index (κ3) is 5.39. The summed E-state index contributed by atoms with van der Waals surface area (Å²) in [6.45, 7) is -1.11. The number of Topliss-reactive ketones (excluding diaryl/α,β-unsaturated/α-hetero) is 1. The van der Waals surface area contributed by atoms with Crippen LogP contribution in [0, 0.1) is 5.41 Å². The largest absolute Gasteiger partial charge is 0.482 e. The number of aliphatic hydroxyl groups is 1. The van der Waals surface area contributed by atoms with E-state index in [0.29, 0.717) is 5.56 Å². The molecule has 0 saturated carbocycles. The molecule has 2 rings (SSSR count). The molecule has 0 heterocycles. The summed E-state index contributed by atoms with van der Waals surface area (Å²) in [6, 6.07) is 10.4. The molecule has 0 unspecified atom stereocenters. The number of amides is 1. The molecule has 0 radical (unpaired) electrons. The number of hydrogen-bond acceptors (Lipinski definition) is 6. The van der Waals surface area contributed by atoms with Crippen molar-refractivity contribution < 1.29 is 29.3 Å². The van der Waals surface area contributed by atoms with Gasteiger partial charge in [-0.25, -0.2) is 4.79 Å². The number of ether oxygens (including phenoxy) is 1. The third-order valence-corrected chi connectivity index (χ3v) is 3.76. The van der Waals surface area contributed by atoms with Crippen LogP contribution in [0.3, 0.4) is 0 Å². The monoisotopic (exact) mass is 385 g/mol. The number of ketones is 1. The first kappa shape index (κ1) is 20.6. The van der Waals surface area contributed by atoms with Crippen molar-refractivity contribution in [1.82, 2.24) is 5.32 Å². The van der Waals surface area contributed by atoms with Gasteiger partial charge in [0.2, 0.25) is 0 Å². The lowest BCUT2D eigenvalue weighted by Gasteiger charge is -2.16. The smallest absolute Gasteiger partial charge is 0.341 e. The van der Waals surface area contributed by atoms with E-state index in [0.717, 1.165) is 0 Å². The maximum atomic E-state index is 12.5. The summed E-state index contributed by atoms with van der Waals surface area (Å²) in [5.74, 6) is -2.07. The van der Waals surface area contributed by atoms with Gasteiger partial charge in [0.25, 0.3) is 5.91 Å². The van der Waals surface area contributed by atoms with Crippen LogP contribution in [0.1, 0.15) is 26.3 Å². The molecule has 1 atom stereocenters. The molecule has 0 aliphatic heterocycles. The Balaban J connectivity index is 2.05. The van der Waals surface area contributed by atoms with Crippen molar-refractivity contribution in [3.63, 3.8) is 0 Å². The fourth-order valence-electron chi connectivity index (χ4n) is 2.30. The van der Waals surface area contributed by atoms with E-state index in [-0.39, 0.29) is 22.7 Å². The number of carbonyl (C=O) groups is 3. The van der Waals surface area contributed by atoms with Gasteiger partial charge in [-0.2, -0.15) is 0 Å². The molecular formula is C19H19N3O6. The van der Waals surface area contributed by atoms with Crippen LogP contribution in [0.25, 0.3) is 0 Å². The van der Waals surface area contributed by atoms with Gasteiger partial charge in [-0.15, -0.1) is 0 Å². The molecule has 2 aromatic rings. The van der Waals surface area contributed by atoms with Crippen molar-refractivity contribution in [1.29, 1.82) is 5.41 Å². The number of rotatable bonds is 9. The molecule has 0 aliphatic rings. The highest BCUT2D eigenvalue weighted by atomic mass is 16.5. The van der Waals surface area contributed by atoms with E-state index >= 15 is 0 Å². The number of aliphatic carboxylic acids is 1. The van der Waals surface area contributed by atoms with Gasteiger partial charge in [0.05, 0.1) is 6.61 Å². The molecule has 2 aromatic carbocycles. The van der Waals surface area contributed by atoms with E-state index in [4.69, 9.17) is 21.0 Å². The van der Waals surface area contributed by atoms with E-state index in [9.17, 15) is 19.5 Å². The maximum Gasteiger partial charge on any atom is 0.341 e. The molecule has 9 heteroatoms. The lowest BCUT2D eigenvalue weighted by molar-refractivity contribution is -0.139. The summed E-state index contributed by atoms with van der Waals surface area (Å²) in [6.07, 6.45) is 0. The Bertz CT molecular complexity index is 878. The van der Waals surface area contributed by atoms with Crippen LogP contribution in [0.2, 0.25) is 0 Å². The SMILES string of the molecule is N=C(N)c1ccc(C(=O)N[C@@H](CO)C(=O)c2ccc(OCC(=O)O)cc2)cc1. The second kappa shape index (κ2) is 9.28. The van der Waals surface area contributed by atoms with Crippen LogP contribution in [-0.4, -0.2) is 53.0 Å². The zero-order valence-electron chi connectivity index (χ0n) is 14.7. The molecule has 0 fully saturated rings. The number of hydrogen-bond donors (Lipinski definition) is 5. The minimum Gasteiger partial charge on any atom is -0.482 e. The van der Waals surface area contributed by atoms with Gasteiger partial charge in [-0.1, -0.05) is 12.1 Å². The van der Waals surface area contributed by atoms with Gasteiger partial charge in [0.1, 0.15) is 17.6 Å². The third-order valence-electron chi connectivity index (χ3n) is 3.76. The van der Waals surface area contributed by atoms with Crippen molar-refractivity contribution in [3.05, 3.63) is 65.2 Å². The van der Waals surface area contributed by atoms with Gasteiger partial charge in [-0.05, 0) is 36.4 Å². The first-order valence-electron chi connectivity index (χ1n) is 8.17. The lowest BCUT2D eigenvalue weighted by Crippen LogP contribution is -2.43. The Morgan fingerprint density at radius 1 is 1.00 bits per heavy atom. The first-order chi connectivity index (χ1) is 13.3. The Morgan fingerprint density at radius 2 is 1.54 bits per heavy atom. The molecule has 0 aliphatic carbocycles. The molecule has 6 N–H and O–H groups in total.